The zero-order valence-corrected chi connectivity index (χ0v) is 18.1. The fourth-order valence-electron chi connectivity index (χ4n) is 3.07. The molecule has 1 atom stereocenters. The molecule has 0 fully saturated rings. The first-order valence-electron chi connectivity index (χ1n) is 9.82. The summed E-state index contributed by atoms with van der Waals surface area (Å²) in [7, 11) is 0. The molecule has 0 saturated heterocycles. The number of aryl methyl sites for hydroxylation is 1. The van der Waals surface area contributed by atoms with E-state index >= 15 is 0 Å². The maximum absolute atomic E-state index is 12.3. The topological polar surface area (TPSA) is 68.0 Å². The van der Waals surface area contributed by atoms with Crippen molar-refractivity contribution in [3.8, 4) is 11.5 Å². The predicted octanol–water partition coefficient (Wildman–Crippen LogP) is 5.21. The largest absolute Gasteiger partial charge is 0.411 e. The van der Waals surface area contributed by atoms with E-state index < -0.39 is 0 Å². The van der Waals surface area contributed by atoms with Crippen molar-refractivity contribution >= 4 is 17.7 Å². The molecule has 0 spiro atoms. The highest BCUT2D eigenvalue weighted by molar-refractivity contribution is 7.99. The summed E-state index contributed by atoms with van der Waals surface area (Å²) >= 11 is 1.24. The van der Waals surface area contributed by atoms with Gasteiger partial charge in [-0.2, -0.15) is 0 Å². The third-order valence-electron chi connectivity index (χ3n) is 4.50. The Morgan fingerprint density at radius 2 is 1.86 bits per heavy atom. The lowest BCUT2D eigenvalue weighted by molar-refractivity contribution is -0.119. The van der Waals surface area contributed by atoms with E-state index in [0.29, 0.717) is 17.0 Å². The van der Waals surface area contributed by atoms with Crippen molar-refractivity contribution in [3.05, 3.63) is 65.2 Å². The molecule has 0 aliphatic carbocycles. The van der Waals surface area contributed by atoms with Crippen LogP contribution in [0.15, 0.2) is 58.2 Å². The lowest BCUT2D eigenvalue weighted by atomic mass is 10.00. The molecule has 1 amide bonds. The summed E-state index contributed by atoms with van der Waals surface area (Å²) in [6, 6.07) is 16.3. The van der Waals surface area contributed by atoms with Crippen molar-refractivity contribution in [3.63, 3.8) is 0 Å². The van der Waals surface area contributed by atoms with Gasteiger partial charge < -0.3 is 9.73 Å². The Labute approximate surface area is 176 Å². The Hall–Kier alpha value is -2.60. The summed E-state index contributed by atoms with van der Waals surface area (Å²) in [6.07, 6.45) is 1.06. The van der Waals surface area contributed by atoms with Crippen LogP contribution in [0.25, 0.3) is 11.5 Å². The van der Waals surface area contributed by atoms with Crippen LogP contribution in [0, 0.1) is 12.8 Å². The SMILES string of the molecule is Cc1cccc(-c2nnc(SCC(=O)N[C@H](C)c3ccc(CC(C)C)cc3)o2)c1. The molecule has 152 valence electrons. The third kappa shape index (κ3) is 6.19. The standard InChI is InChI=1S/C23H27N3O2S/c1-15(2)12-18-8-10-19(11-9-18)17(4)24-21(27)14-29-23-26-25-22(28-23)20-7-5-6-16(3)13-20/h5-11,13,15,17H,12,14H2,1-4H3,(H,24,27)/t17-/m1/s1. The van der Waals surface area contributed by atoms with Crippen LogP contribution in [0.3, 0.4) is 0 Å². The molecule has 29 heavy (non-hydrogen) atoms. The second-order valence-electron chi connectivity index (χ2n) is 7.66. The maximum atomic E-state index is 12.3. The second-order valence-corrected chi connectivity index (χ2v) is 8.59. The molecule has 1 N–H and O–H groups in total. The Morgan fingerprint density at radius 3 is 2.55 bits per heavy atom. The second kappa shape index (κ2) is 9.74. The van der Waals surface area contributed by atoms with Gasteiger partial charge >= 0.3 is 0 Å². The van der Waals surface area contributed by atoms with E-state index in [-0.39, 0.29) is 17.7 Å². The lowest BCUT2D eigenvalue weighted by Crippen LogP contribution is -2.28. The number of thioether (sulfide) groups is 1. The summed E-state index contributed by atoms with van der Waals surface area (Å²) in [4.78, 5) is 12.3. The maximum Gasteiger partial charge on any atom is 0.277 e. The van der Waals surface area contributed by atoms with Gasteiger partial charge in [0, 0.05) is 5.56 Å². The number of rotatable bonds is 8. The predicted molar refractivity (Wildman–Crippen MR) is 117 cm³/mol. The van der Waals surface area contributed by atoms with E-state index in [4.69, 9.17) is 4.42 Å². The molecule has 3 rings (SSSR count). The first kappa shape index (κ1) is 21.1. The number of nitrogens with one attached hydrogen (secondary N) is 1. The average molecular weight is 410 g/mol. The normalized spacial score (nSPS) is 12.2. The Balaban J connectivity index is 1.51. The van der Waals surface area contributed by atoms with Crippen molar-refractivity contribution in [2.75, 3.05) is 5.75 Å². The van der Waals surface area contributed by atoms with E-state index in [9.17, 15) is 4.79 Å². The molecule has 1 aromatic heterocycles. The van der Waals surface area contributed by atoms with Gasteiger partial charge in [0.1, 0.15) is 0 Å². The number of hydrogen-bond donors (Lipinski definition) is 1. The van der Waals surface area contributed by atoms with E-state index in [1.807, 2.05) is 38.1 Å². The van der Waals surface area contributed by atoms with Gasteiger partial charge in [0.15, 0.2) is 0 Å². The van der Waals surface area contributed by atoms with Crippen molar-refractivity contribution in [2.24, 2.45) is 5.92 Å². The molecule has 0 saturated carbocycles. The van der Waals surface area contributed by atoms with Crippen molar-refractivity contribution < 1.29 is 9.21 Å². The van der Waals surface area contributed by atoms with Crippen molar-refractivity contribution in [1.82, 2.24) is 15.5 Å². The van der Waals surface area contributed by atoms with Crippen molar-refractivity contribution in [1.29, 1.82) is 0 Å². The number of hydrogen-bond acceptors (Lipinski definition) is 5. The summed E-state index contributed by atoms with van der Waals surface area (Å²) in [5.74, 6) is 1.26. The summed E-state index contributed by atoms with van der Waals surface area (Å²) in [5.41, 5.74) is 4.41. The smallest absolute Gasteiger partial charge is 0.277 e. The average Bonchev–Trinajstić information content (AvgIpc) is 3.15. The first-order chi connectivity index (χ1) is 13.9. The highest BCUT2D eigenvalue weighted by Crippen LogP contribution is 2.24. The van der Waals surface area contributed by atoms with Crippen LogP contribution in [0.4, 0.5) is 0 Å². The van der Waals surface area contributed by atoms with Crippen LogP contribution in [0.5, 0.6) is 0 Å². The molecule has 0 aliphatic rings. The van der Waals surface area contributed by atoms with Crippen LogP contribution in [0.2, 0.25) is 0 Å². The Morgan fingerprint density at radius 1 is 1.10 bits per heavy atom. The number of carbonyl (C=O) groups is 1. The van der Waals surface area contributed by atoms with Crippen LogP contribution >= 0.6 is 11.8 Å². The highest BCUT2D eigenvalue weighted by Gasteiger charge is 2.14. The number of carbonyl (C=O) groups excluding carboxylic acids is 1. The van der Waals surface area contributed by atoms with Crippen LogP contribution in [-0.2, 0) is 11.2 Å². The van der Waals surface area contributed by atoms with E-state index in [2.05, 4.69) is 53.6 Å². The summed E-state index contributed by atoms with van der Waals surface area (Å²) in [5, 5.41) is 11.5. The zero-order valence-electron chi connectivity index (χ0n) is 17.3. The molecule has 6 heteroatoms. The van der Waals surface area contributed by atoms with Gasteiger partial charge in [0.25, 0.3) is 5.22 Å². The minimum atomic E-state index is -0.0657. The van der Waals surface area contributed by atoms with Crippen LogP contribution in [0.1, 0.15) is 43.5 Å². The summed E-state index contributed by atoms with van der Waals surface area (Å²) in [6.45, 7) is 8.42. The van der Waals surface area contributed by atoms with E-state index in [0.717, 1.165) is 23.1 Å². The number of nitrogens with zero attached hydrogens (tertiary/aromatic N) is 2. The van der Waals surface area contributed by atoms with Gasteiger partial charge in [0.2, 0.25) is 11.8 Å². The zero-order chi connectivity index (χ0) is 20.8. The molecule has 3 aromatic rings. The quantitative estimate of drug-likeness (QED) is 0.517. The van der Waals surface area contributed by atoms with Gasteiger partial charge in [-0.3, -0.25) is 4.79 Å². The molecule has 0 unspecified atom stereocenters. The molecule has 5 nitrogen and oxygen atoms in total. The lowest BCUT2D eigenvalue weighted by Gasteiger charge is -2.15. The van der Waals surface area contributed by atoms with Crippen LogP contribution in [-0.4, -0.2) is 21.9 Å². The molecule has 1 heterocycles. The van der Waals surface area contributed by atoms with E-state index in [1.165, 1.54) is 17.3 Å². The monoisotopic (exact) mass is 409 g/mol. The fourth-order valence-corrected chi connectivity index (χ4v) is 3.64. The van der Waals surface area contributed by atoms with Gasteiger partial charge in [-0.15, -0.1) is 10.2 Å². The Bertz CT molecular complexity index is 951. The molecule has 0 aliphatic heterocycles. The van der Waals surface area contributed by atoms with Crippen molar-refractivity contribution in [2.45, 2.75) is 45.4 Å². The van der Waals surface area contributed by atoms with Crippen LogP contribution < -0.4 is 5.32 Å². The summed E-state index contributed by atoms with van der Waals surface area (Å²) < 4.78 is 5.67. The molecule has 2 aromatic carbocycles. The minimum Gasteiger partial charge on any atom is -0.411 e. The number of amides is 1. The molecule has 0 radical (unpaired) electrons. The molecular weight excluding hydrogens is 382 g/mol. The van der Waals surface area contributed by atoms with E-state index in [1.54, 1.807) is 0 Å². The molecular formula is C23H27N3O2S. The van der Waals surface area contributed by atoms with Gasteiger partial charge in [0.05, 0.1) is 11.8 Å². The number of benzene rings is 2. The first-order valence-corrected chi connectivity index (χ1v) is 10.8. The molecule has 0 bridgehead atoms. The van der Waals surface area contributed by atoms with Gasteiger partial charge in [-0.05, 0) is 49.4 Å². The fraction of sp³-hybridized carbons (Fsp3) is 0.348. The van der Waals surface area contributed by atoms with Gasteiger partial charge in [-0.25, -0.2) is 0 Å². The number of aromatic nitrogens is 2. The third-order valence-corrected chi connectivity index (χ3v) is 5.32. The highest BCUT2D eigenvalue weighted by atomic mass is 32.2. The van der Waals surface area contributed by atoms with Gasteiger partial charge in [-0.1, -0.05) is 67.6 Å². The Kier molecular flexibility index (Phi) is 7.09. The minimum absolute atomic E-state index is 0.0539.